The van der Waals surface area contributed by atoms with Crippen LogP contribution in [0.5, 0.6) is 0 Å². The first-order chi connectivity index (χ1) is 11.5. The molecule has 1 aromatic heterocycles. The zero-order valence-corrected chi connectivity index (χ0v) is 15.0. The van der Waals surface area contributed by atoms with E-state index >= 15 is 0 Å². The normalized spacial score (nSPS) is 12.2. The Bertz CT molecular complexity index is 691. The Morgan fingerprint density at radius 1 is 1.33 bits per heavy atom. The molecule has 0 aliphatic carbocycles. The topological polar surface area (TPSA) is 65.4 Å². The summed E-state index contributed by atoms with van der Waals surface area (Å²) in [4.78, 5) is 11.9. The van der Waals surface area contributed by atoms with E-state index in [1.54, 1.807) is 42.3 Å². The Balaban J connectivity index is 2.06. The molecule has 1 heterocycles. The molecular formula is C16H19Cl2N3O3. The molecule has 0 saturated carbocycles. The van der Waals surface area contributed by atoms with Gasteiger partial charge in [0.15, 0.2) is 0 Å². The van der Waals surface area contributed by atoms with Crippen LogP contribution in [0.1, 0.15) is 18.5 Å². The quantitative estimate of drug-likeness (QED) is 0.722. The number of ether oxygens (including phenoxy) is 2. The fourth-order valence-corrected chi connectivity index (χ4v) is 2.63. The minimum Gasteiger partial charge on any atom is -0.382 e. The van der Waals surface area contributed by atoms with Crippen LogP contribution in [-0.4, -0.2) is 42.6 Å². The fraction of sp³-hybridized carbons (Fsp3) is 0.375. The van der Waals surface area contributed by atoms with Gasteiger partial charge in [-0.05, 0) is 30.7 Å². The summed E-state index contributed by atoms with van der Waals surface area (Å²) in [5.41, 5.74) is 0.819. The molecule has 8 heteroatoms. The molecular weight excluding hydrogens is 353 g/mol. The van der Waals surface area contributed by atoms with E-state index in [-0.39, 0.29) is 18.6 Å². The van der Waals surface area contributed by atoms with E-state index in [4.69, 9.17) is 32.7 Å². The second-order valence-corrected chi connectivity index (χ2v) is 5.94. The van der Waals surface area contributed by atoms with Crippen molar-refractivity contribution in [2.45, 2.75) is 13.0 Å². The number of carbonyl (C=O) groups is 1. The van der Waals surface area contributed by atoms with Gasteiger partial charge in [0.05, 0.1) is 25.5 Å². The van der Waals surface area contributed by atoms with Gasteiger partial charge in [0.2, 0.25) is 0 Å². The van der Waals surface area contributed by atoms with Crippen LogP contribution in [0.3, 0.4) is 0 Å². The van der Waals surface area contributed by atoms with Gasteiger partial charge >= 0.3 is 0 Å². The third-order valence-electron chi connectivity index (χ3n) is 3.38. The Morgan fingerprint density at radius 2 is 2.12 bits per heavy atom. The van der Waals surface area contributed by atoms with Gasteiger partial charge in [-0.25, -0.2) is 4.68 Å². The summed E-state index contributed by atoms with van der Waals surface area (Å²) in [5, 5.41) is 8.21. The number of methoxy groups -OCH3 is 1. The summed E-state index contributed by atoms with van der Waals surface area (Å²) in [6, 6.07) is 6.76. The average molecular weight is 372 g/mol. The lowest BCUT2D eigenvalue weighted by Crippen LogP contribution is -2.22. The van der Waals surface area contributed by atoms with Crippen LogP contribution in [-0.2, 0) is 14.3 Å². The molecule has 0 radical (unpaired) electrons. The highest BCUT2D eigenvalue weighted by Gasteiger charge is 2.17. The standard InChI is InChI=1S/C16H19Cl2N3O3/c1-11(13-9-12(17)3-4-14(13)18)21-15(5-6-19-21)20-16(22)10-24-8-7-23-2/h3-6,9,11H,7-8,10H2,1-2H3,(H,20,22)/t11-/m1/s1. The van der Waals surface area contributed by atoms with Crippen molar-refractivity contribution in [2.75, 3.05) is 32.2 Å². The number of nitrogens with zero attached hydrogens (tertiary/aromatic N) is 2. The second kappa shape index (κ2) is 9.03. The third kappa shape index (κ3) is 4.95. The fourth-order valence-electron chi connectivity index (χ4n) is 2.17. The Morgan fingerprint density at radius 3 is 2.88 bits per heavy atom. The van der Waals surface area contributed by atoms with E-state index in [1.807, 2.05) is 6.92 Å². The number of hydrogen-bond acceptors (Lipinski definition) is 4. The number of amides is 1. The molecule has 1 amide bonds. The van der Waals surface area contributed by atoms with Gasteiger partial charge in [-0.2, -0.15) is 5.10 Å². The minimum absolute atomic E-state index is 0.0547. The van der Waals surface area contributed by atoms with Crippen LogP contribution in [0.25, 0.3) is 0 Å². The summed E-state index contributed by atoms with van der Waals surface area (Å²) in [7, 11) is 1.57. The van der Waals surface area contributed by atoms with E-state index in [0.717, 1.165) is 5.56 Å². The van der Waals surface area contributed by atoms with Crippen LogP contribution in [0.4, 0.5) is 5.82 Å². The van der Waals surface area contributed by atoms with Crippen molar-refractivity contribution in [1.29, 1.82) is 0 Å². The van der Waals surface area contributed by atoms with Gasteiger partial charge in [-0.3, -0.25) is 4.79 Å². The van der Waals surface area contributed by atoms with E-state index in [0.29, 0.717) is 29.1 Å². The van der Waals surface area contributed by atoms with Gasteiger partial charge in [0.1, 0.15) is 12.4 Å². The molecule has 2 rings (SSSR count). The van der Waals surface area contributed by atoms with Crippen LogP contribution in [0.15, 0.2) is 30.5 Å². The van der Waals surface area contributed by atoms with E-state index in [2.05, 4.69) is 10.4 Å². The SMILES string of the molecule is COCCOCC(=O)Nc1ccnn1[C@H](C)c1cc(Cl)ccc1Cl. The zero-order valence-electron chi connectivity index (χ0n) is 13.5. The second-order valence-electron chi connectivity index (χ2n) is 5.10. The Labute approximate surface area is 150 Å². The molecule has 2 aromatic rings. The van der Waals surface area contributed by atoms with Crippen molar-refractivity contribution < 1.29 is 14.3 Å². The van der Waals surface area contributed by atoms with Gasteiger partial charge in [-0.15, -0.1) is 0 Å². The largest absolute Gasteiger partial charge is 0.382 e. The highest BCUT2D eigenvalue weighted by Crippen LogP contribution is 2.30. The van der Waals surface area contributed by atoms with Crippen LogP contribution in [0.2, 0.25) is 10.0 Å². The molecule has 1 atom stereocenters. The average Bonchev–Trinajstić information content (AvgIpc) is 3.01. The number of rotatable bonds is 8. The predicted molar refractivity (Wildman–Crippen MR) is 93.8 cm³/mol. The van der Waals surface area contributed by atoms with Crippen LogP contribution in [0, 0.1) is 0 Å². The molecule has 130 valence electrons. The Kier molecular flexibility index (Phi) is 7.05. The molecule has 24 heavy (non-hydrogen) atoms. The van der Waals surface area contributed by atoms with Crippen molar-refractivity contribution in [2.24, 2.45) is 0 Å². The molecule has 1 aromatic carbocycles. The monoisotopic (exact) mass is 371 g/mol. The van der Waals surface area contributed by atoms with Crippen molar-refractivity contribution in [3.8, 4) is 0 Å². The molecule has 6 nitrogen and oxygen atoms in total. The summed E-state index contributed by atoms with van der Waals surface area (Å²) in [6.07, 6.45) is 1.61. The minimum atomic E-state index is -0.266. The molecule has 0 unspecified atom stereocenters. The molecule has 0 aliphatic rings. The van der Waals surface area contributed by atoms with E-state index < -0.39 is 0 Å². The molecule has 0 spiro atoms. The lowest BCUT2D eigenvalue weighted by molar-refractivity contribution is -0.121. The van der Waals surface area contributed by atoms with E-state index in [1.165, 1.54) is 0 Å². The first kappa shape index (κ1) is 18.7. The van der Waals surface area contributed by atoms with Crippen molar-refractivity contribution in [3.63, 3.8) is 0 Å². The maximum atomic E-state index is 11.9. The molecule has 0 fully saturated rings. The number of carbonyl (C=O) groups excluding carboxylic acids is 1. The lowest BCUT2D eigenvalue weighted by Gasteiger charge is -2.18. The highest BCUT2D eigenvalue weighted by molar-refractivity contribution is 6.33. The number of hydrogen-bond donors (Lipinski definition) is 1. The zero-order chi connectivity index (χ0) is 17.5. The first-order valence-electron chi connectivity index (χ1n) is 7.38. The molecule has 1 N–H and O–H groups in total. The van der Waals surface area contributed by atoms with Crippen molar-refractivity contribution >= 4 is 34.9 Å². The smallest absolute Gasteiger partial charge is 0.251 e. The maximum absolute atomic E-state index is 11.9. The number of aromatic nitrogens is 2. The maximum Gasteiger partial charge on any atom is 0.251 e. The van der Waals surface area contributed by atoms with E-state index in [9.17, 15) is 4.79 Å². The van der Waals surface area contributed by atoms with Crippen LogP contribution < -0.4 is 5.32 Å². The summed E-state index contributed by atoms with van der Waals surface area (Å²) >= 11 is 12.3. The van der Waals surface area contributed by atoms with Gasteiger partial charge in [0, 0.05) is 23.2 Å². The molecule has 0 aliphatic heterocycles. The summed E-state index contributed by atoms with van der Waals surface area (Å²) in [5.74, 6) is 0.288. The highest BCUT2D eigenvalue weighted by atomic mass is 35.5. The number of anilines is 1. The molecule has 0 bridgehead atoms. The van der Waals surface area contributed by atoms with Crippen molar-refractivity contribution in [3.05, 3.63) is 46.1 Å². The van der Waals surface area contributed by atoms with Gasteiger partial charge in [0.25, 0.3) is 5.91 Å². The first-order valence-corrected chi connectivity index (χ1v) is 8.13. The molecule has 0 saturated heterocycles. The summed E-state index contributed by atoms with van der Waals surface area (Å²) < 4.78 is 11.7. The number of benzene rings is 1. The van der Waals surface area contributed by atoms with Gasteiger partial charge in [-0.1, -0.05) is 23.2 Å². The summed E-state index contributed by atoms with van der Waals surface area (Å²) in [6.45, 7) is 2.67. The number of halogens is 2. The van der Waals surface area contributed by atoms with Gasteiger partial charge < -0.3 is 14.8 Å². The predicted octanol–water partition coefficient (Wildman–Crippen LogP) is 3.40. The Hall–Kier alpha value is -1.60. The van der Waals surface area contributed by atoms with Crippen molar-refractivity contribution in [1.82, 2.24) is 9.78 Å². The van der Waals surface area contributed by atoms with Crippen LogP contribution >= 0.6 is 23.2 Å². The number of nitrogens with one attached hydrogen (secondary N) is 1. The lowest BCUT2D eigenvalue weighted by atomic mass is 10.1. The third-order valence-corrected chi connectivity index (χ3v) is 3.96.